The average Bonchev–Trinajstić information content (AvgIpc) is 3.34. The standard InChI is InChI=1S/C21H15F6N3O4/c1-10-16(12-6-13(20(22,23)24)8-14(7-12)21(25,26)27)34-19(32)30(10)18(31)29-9-15-17-11(2-4-28-15)3-5-33-17/h2-8,10,16H,9H2,1H3,(H,29,31)/t10-,16-/m0/s1. The van der Waals surface area contributed by atoms with Crippen LogP contribution in [-0.4, -0.2) is 28.1 Å². The first-order chi connectivity index (χ1) is 15.9. The van der Waals surface area contributed by atoms with Crippen molar-refractivity contribution in [3.05, 3.63) is 65.2 Å². The largest absolute Gasteiger partial charge is 0.462 e. The third-order valence-corrected chi connectivity index (χ3v) is 5.28. The molecule has 3 amide bonds. The maximum absolute atomic E-state index is 13.2. The fourth-order valence-corrected chi connectivity index (χ4v) is 3.64. The van der Waals surface area contributed by atoms with Gasteiger partial charge in [0.15, 0.2) is 5.58 Å². The monoisotopic (exact) mass is 487 g/mol. The number of cyclic esters (lactones) is 1. The SMILES string of the molecule is C[C@H]1[C@@H](c2cc(C(F)(F)F)cc(C(F)(F)F)c2)OC(=O)N1C(=O)NCc1nccc2ccoc12. The summed E-state index contributed by atoms with van der Waals surface area (Å²) >= 11 is 0. The van der Waals surface area contributed by atoms with Crippen LogP contribution in [0.1, 0.15) is 35.4 Å². The molecule has 13 heteroatoms. The van der Waals surface area contributed by atoms with Crippen LogP contribution in [0.5, 0.6) is 0 Å². The number of fused-ring (bicyclic) bond motifs is 1. The second-order valence-corrected chi connectivity index (χ2v) is 7.51. The molecule has 1 aromatic carbocycles. The third kappa shape index (κ3) is 4.37. The summed E-state index contributed by atoms with van der Waals surface area (Å²) in [6.45, 7) is 1.11. The van der Waals surface area contributed by atoms with Gasteiger partial charge in [-0.25, -0.2) is 14.5 Å². The molecule has 0 saturated carbocycles. The van der Waals surface area contributed by atoms with Crippen LogP contribution in [0, 0.1) is 0 Å². The van der Waals surface area contributed by atoms with Crippen LogP contribution in [0.3, 0.4) is 0 Å². The van der Waals surface area contributed by atoms with Crippen molar-refractivity contribution in [3.63, 3.8) is 0 Å². The minimum Gasteiger partial charge on any atom is -0.462 e. The van der Waals surface area contributed by atoms with Gasteiger partial charge in [0.2, 0.25) is 0 Å². The summed E-state index contributed by atoms with van der Waals surface area (Å²) < 4.78 is 89.4. The number of rotatable bonds is 3. The molecule has 4 rings (SSSR count). The smallest absolute Gasteiger partial charge is 0.419 e. The number of pyridine rings is 1. The van der Waals surface area contributed by atoms with Crippen molar-refractivity contribution in [1.82, 2.24) is 15.2 Å². The van der Waals surface area contributed by atoms with Gasteiger partial charge >= 0.3 is 24.5 Å². The second kappa shape index (κ2) is 8.22. The van der Waals surface area contributed by atoms with E-state index < -0.39 is 53.3 Å². The molecule has 0 aliphatic carbocycles. The molecule has 0 bridgehead atoms. The first-order valence-electron chi connectivity index (χ1n) is 9.74. The van der Waals surface area contributed by atoms with Gasteiger partial charge in [-0.3, -0.25) is 4.98 Å². The Bertz CT molecular complexity index is 1220. The summed E-state index contributed by atoms with van der Waals surface area (Å²) in [5.74, 6) is 0. The molecule has 180 valence electrons. The molecule has 0 radical (unpaired) electrons. The summed E-state index contributed by atoms with van der Waals surface area (Å²) in [6.07, 6.45) is -10.0. The van der Waals surface area contributed by atoms with Crippen molar-refractivity contribution < 1.29 is 45.1 Å². The highest BCUT2D eigenvalue weighted by Gasteiger charge is 2.45. The van der Waals surface area contributed by atoms with E-state index in [1.165, 1.54) is 19.4 Å². The zero-order chi connectivity index (χ0) is 24.8. The Morgan fingerprint density at radius 2 is 1.74 bits per heavy atom. The molecule has 1 N–H and O–H groups in total. The van der Waals surface area contributed by atoms with E-state index in [0.29, 0.717) is 28.3 Å². The summed E-state index contributed by atoms with van der Waals surface area (Å²) in [5, 5.41) is 3.15. The predicted octanol–water partition coefficient (Wildman–Crippen LogP) is 5.66. The number of alkyl halides is 6. The van der Waals surface area contributed by atoms with Crippen LogP contribution >= 0.6 is 0 Å². The molecule has 2 atom stereocenters. The van der Waals surface area contributed by atoms with E-state index in [0.717, 1.165) is 5.39 Å². The van der Waals surface area contributed by atoms with Crippen molar-refractivity contribution in [2.24, 2.45) is 0 Å². The molecule has 7 nitrogen and oxygen atoms in total. The lowest BCUT2D eigenvalue weighted by atomic mass is 9.97. The van der Waals surface area contributed by atoms with Gasteiger partial charge < -0.3 is 14.5 Å². The molecule has 0 unspecified atom stereocenters. The molecular formula is C21H15F6N3O4. The lowest BCUT2D eigenvalue weighted by molar-refractivity contribution is -0.143. The number of benzene rings is 1. The second-order valence-electron chi connectivity index (χ2n) is 7.51. The summed E-state index contributed by atoms with van der Waals surface area (Å²) in [7, 11) is 0. The molecule has 0 spiro atoms. The Labute approximate surface area is 187 Å². The van der Waals surface area contributed by atoms with Gasteiger partial charge in [-0.15, -0.1) is 0 Å². The molecule has 1 fully saturated rings. The minimum atomic E-state index is -5.07. The first kappa shape index (κ1) is 23.4. The van der Waals surface area contributed by atoms with E-state index in [-0.39, 0.29) is 12.6 Å². The van der Waals surface area contributed by atoms with E-state index in [1.54, 1.807) is 12.1 Å². The van der Waals surface area contributed by atoms with Gasteiger partial charge in [0.05, 0.1) is 30.0 Å². The van der Waals surface area contributed by atoms with Crippen LogP contribution in [0.2, 0.25) is 0 Å². The quantitative estimate of drug-likeness (QED) is 0.483. The Kier molecular flexibility index (Phi) is 5.66. The third-order valence-electron chi connectivity index (χ3n) is 5.28. The molecular weight excluding hydrogens is 472 g/mol. The van der Waals surface area contributed by atoms with Crippen molar-refractivity contribution in [3.8, 4) is 0 Å². The van der Waals surface area contributed by atoms with Gasteiger partial charge in [0, 0.05) is 11.6 Å². The van der Waals surface area contributed by atoms with E-state index in [4.69, 9.17) is 9.15 Å². The molecule has 34 heavy (non-hydrogen) atoms. The highest BCUT2D eigenvalue weighted by atomic mass is 19.4. The molecule has 1 aliphatic rings. The number of ether oxygens (including phenoxy) is 1. The van der Waals surface area contributed by atoms with Crippen LogP contribution in [0.15, 0.2) is 47.2 Å². The van der Waals surface area contributed by atoms with E-state index in [2.05, 4.69) is 10.3 Å². The number of amides is 3. The van der Waals surface area contributed by atoms with Crippen molar-refractivity contribution in [1.29, 1.82) is 0 Å². The zero-order valence-electron chi connectivity index (χ0n) is 17.2. The number of hydrogen-bond donors (Lipinski definition) is 1. The number of urea groups is 1. The molecule has 2 aromatic heterocycles. The fourth-order valence-electron chi connectivity index (χ4n) is 3.64. The maximum Gasteiger partial charge on any atom is 0.419 e. The number of hydrogen-bond acceptors (Lipinski definition) is 5. The number of furan rings is 1. The number of imide groups is 1. The molecule has 3 heterocycles. The summed E-state index contributed by atoms with van der Waals surface area (Å²) in [6, 6.07) is 2.09. The zero-order valence-corrected chi connectivity index (χ0v) is 17.2. The summed E-state index contributed by atoms with van der Waals surface area (Å²) in [4.78, 5) is 29.6. The molecule has 1 saturated heterocycles. The average molecular weight is 487 g/mol. The predicted molar refractivity (Wildman–Crippen MR) is 103 cm³/mol. The lowest BCUT2D eigenvalue weighted by Crippen LogP contribution is -2.44. The first-order valence-corrected chi connectivity index (χ1v) is 9.74. The lowest BCUT2D eigenvalue weighted by Gasteiger charge is -2.21. The summed E-state index contributed by atoms with van der Waals surface area (Å²) in [5.41, 5.74) is -2.90. The van der Waals surface area contributed by atoms with Crippen LogP contribution in [0.4, 0.5) is 35.9 Å². The number of aromatic nitrogens is 1. The van der Waals surface area contributed by atoms with E-state index in [9.17, 15) is 35.9 Å². The van der Waals surface area contributed by atoms with Gasteiger partial charge in [0.1, 0.15) is 11.8 Å². The van der Waals surface area contributed by atoms with Crippen LogP contribution in [-0.2, 0) is 23.6 Å². The molecule has 3 aromatic rings. The topological polar surface area (TPSA) is 84.7 Å². The van der Waals surface area contributed by atoms with Gasteiger partial charge in [-0.1, -0.05) is 0 Å². The minimum absolute atomic E-state index is 0.0301. The number of nitrogens with zero attached hydrogens (tertiary/aromatic N) is 2. The Hall–Kier alpha value is -3.77. The van der Waals surface area contributed by atoms with Gasteiger partial charge in [0.25, 0.3) is 0 Å². The van der Waals surface area contributed by atoms with E-state index >= 15 is 0 Å². The van der Waals surface area contributed by atoms with Crippen molar-refractivity contribution in [2.45, 2.75) is 38.0 Å². The van der Waals surface area contributed by atoms with Crippen molar-refractivity contribution in [2.75, 3.05) is 0 Å². The molecule has 1 aliphatic heterocycles. The number of halogens is 6. The Morgan fingerprint density at radius 3 is 2.35 bits per heavy atom. The number of carbonyl (C=O) groups is 2. The van der Waals surface area contributed by atoms with Gasteiger partial charge in [-0.2, -0.15) is 26.3 Å². The Morgan fingerprint density at radius 1 is 1.09 bits per heavy atom. The van der Waals surface area contributed by atoms with Crippen LogP contribution in [0.25, 0.3) is 11.0 Å². The number of carbonyl (C=O) groups excluding carboxylic acids is 2. The highest BCUT2D eigenvalue weighted by molar-refractivity contribution is 5.93. The van der Waals surface area contributed by atoms with Gasteiger partial charge in [-0.05, 0) is 42.8 Å². The Balaban J connectivity index is 1.57. The highest BCUT2D eigenvalue weighted by Crippen LogP contribution is 2.40. The van der Waals surface area contributed by atoms with Crippen molar-refractivity contribution >= 4 is 23.1 Å². The van der Waals surface area contributed by atoms with Crippen LogP contribution < -0.4 is 5.32 Å². The maximum atomic E-state index is 13.2. The van der Waals surface area contributed by atoms with E-state index in [1.807, 2.05) is 0 Å². The number of nitrogens with one attached hydrogen (secondary N) is 1. The normalized spacial score (nSPS) is 18.9. The fraction of sp³-hybridized carbons (Fsp3) is 0.286.